The normalized spacial score (nSPS) is 25.7. The standard InChI is InChI=1S/C52H58O12/c1-36(53)28-29-44(54)63-49-48(45(37(2)61-51(49)55)57-31-39-20-10-4-11-21-39)64-52-50(60-34-42-26-16-7-17-27-42)47(59-33-41-24-14-6-15-25-41)46(58-32-40-22-12-5-13-23-40)43(62-52)35-56-30-38-18-8-3-9-19-38/h3-27,37,43,45-52,55H,28-35H2,1-2H3/t37-,43+,45-,46+,47-,48+,49+,50+,51?,52+/m0/s1. The lowest BCUT2D eigenvalue weighted by molar-refractivity contribution is -0.369. The maximum absolute atomic E-state index is 13.3. The molecule has 5 aromatic rings. The van der Waals surface area contributed by atoms with Crippen molar-refractivity contribution in [1.29, 1.82) is 0 Å². The van der Waals surface area contributed by atoms with Crippen molar-refractivity contribution in [2.45, 2.75) is 121 Å². The molecule has 338 valence electrons. The van der Waals surface area contributed by atoms with Crippen LogP contribution in [0.3, 0.4) is 0 Å². The zero-order valence-electron chi connectivity index (χ0n) is 36.3. The molecule has 0 aromatic heterocycles. The molecule has 2 saturated heterocycles. The fraction of sp³-hybridized carbons (Fsp3) is 0.385. The second-order valence-electron chi connectivity index (χ2n) is 16.1. The van der Waals surface area contributed by atoms with E-state index in [1.54, 1.807) is 6.92 Å². The highest BCUT2D eigenvalue weighted by atomic mass is 16.7. The van der Waals surface area contributed by atoms with Gasteiger partial charge in [0.25, 0.3) is 0 Å². The van der Waals surface area contributed by atoms with E-state index in [0.717, 1.165) is 27.8 Å². The number of Topliss-reactive ketones (excluding diaryl/α,β-unsaturated/α-hetero) is 1. The molecule has 0 spiro atoms. The molecule has 7 rings (SSSR count). The lowest BCUT2D eigenvalue weighted by Crippen LogP contribution is -2.66. The number of aliphatic hydroxyl groups excluding tert-OH is 1. The molecule has 0 aliphatic carbocycles. The van der Waals surface area contributed by atoms with Gasteiger partial charge in [-0.3, -0.25) is 4.79 Å². The Bertz CT molecular complexity index is 2110. The van der Waals surface area contributed by atoms with Crippen LogP contribution in [0.1, 0.15) is 54.5 Å². The number of hydrogen-bond acceptors (Lipinski definition) is 12. The van der Waals surface area contributed by atoms with Gasteiger partial charge in [-0.1, -0.05) is 152 Å². The third-order valence-corrected chi connectivity index (χ3v) is 11.1. The number of aliphatic hydroxyl groups is 1. The zero-order valence-corrected chi connectivity index (χ0v) is 36.3. The van der Waals surface area contributed by atoms with E-state index >= 15 is 0 Å². The van der Waals surface area contributed by atoms with Crippen LogP contribution in [-0.4, -0.2) is 84.9 Å². The zero-order chi connectivity index (χ0) is 44.5. The van der Waals surface area contributed by atoms with E-state index in [1.165, 1.54) is 6.92 Å². The van der Waals surface area contributed by atoms with Gasteiger partial charge in [0.1, 0.15) is 42.4 Å². The predicted molar refractivity (Wildman–Crippen MR) is 236 cm³/mol. The van der Waals surface area contributed by atoms with Gasteiger partial charge in [-0.2, -0.15) is 0 Å². The van der Waals surface area contributed by atoms with Crippen LogP contribution < -0.4 is 0 Å². The third-order valence-electron chi connectivity index (χ3n) is 11.1. The third kappa shape index (κ3) is 13.7. The maximum Gasteiger partial charge on any atom is 0.306 e. The smallest absolute Gasteiger partial charge is 0.306 e. The summed E-state index contributed by atoms with van der Waals surface area (Å²) < 4.78 is 59.5. The van der Waals surface area contributed by atoms with E-state index in [4.69, 9.17) is 42.6 Å². The topological polar surface area (TPSA) is 137 Å². The minimum atomic E-state index is -1.61. The Hall–Kier alpha value is -5.12. The van der Waals surface area contributed by atoms with Crippen LogP contribution in [0.25, 0.3) is 0 Å². The fourth-order valence-corrected chi connectivity index (χ4v) is 7.77. The van der Waals surface area contributed by atoms with Gasteiger partial charge >= 0.3 is 5.97 Å². The van der Waals surface area contributed by atoms with Crippen LogP contribution in [0.5, 0.6) is 0 Å². The van der Waals surface area contributed by atoms with Crippen molar-refractivity contribution < 1.29 is 57.3 Å². The molecule has 2 fully saturated rings. The Morgan fingerprint density at radius 2 is 0.922 bits per heavy atom. The van der Waals surface area contributed by atoms with Crippen molar-refractivity contribution in [3.05, 3.63) is 179 Å². The molecule has 0 bridgehead atoms. The Morgan fingerprint density at radius 1 is 0.500 bits per heavy atom. The van der Waals surface area contributed by atoms with Crippen LogP contribution in [0.2, 0.25) is 0 Å². The molecule has 64 heavy (non-hydrogen) atoms. The number of carbonyl (C=O) groups excluding carboxylic acids is 2. The van der Waals surface area contributed by atoms with E-state index in [2.05, 4.69) is 0 Å². The highest BCUT2D eigenvalue weighted by Crippen LogP contribution is 2.36. The summed E-state index contributed by atoms with van der Waals surface area (Å²) in [5.41, 5.74) is 4.64. The molecule has 1 unspecified atom stereocenters. The first-order valence-corrected chi connectivity index (χ1v) is 21.9. The lowest BCUT2D eigenvalue weighted by Gasteiger charge is -2.49. The first-order valence-electron chi connectivity index (χ1n) is 21.9. The highest BCUT2D eigenvalue weighted by molar-refractivity contribution is 5.81. The Labute approximate surface area is 375 Å². The van der Waals surface area contributed by atoms with Crippen molar-refractivity contribution in [3.63, 3.8) is 0 Å². The molecule has 0 amide bonds. The molecule has 12 nitrogen and oxygen atoms in total. The van der Waals surface area contributed by atoms with E-state index in [1.807, 2.05) is 152 Å². The average Bonchev–Trinajstić information content (AvgIpc) is 3.32. The summed E-state index contributed by atoms with van der Waals surface area (Å²) >= 11 is 0. The predicted octanol–water partition coefficient (Wildman–Crippen LogP) is 7.67. The number of esters is 1. The summed E-state index contributed by atoms with van der Waals surface area (Å²) in [5.74, 6) is -0.886. The molecule has 1 N–H and O–H groups in total. The van der Waals surface area contributed by atoms with Gasteiger partial charge in [-0.05, 0) is 41.7 Å². The largest absolute Gasteiger partial charge is 0.454 e. The van der Waals surface area contributed by atoms with E-state index < -0.39 is 67.4 Å². The van der Waals surface area contributed by atoms with Crippen LogP contribution in [0.4, 0.5) is 0 Å². The van der Waals surface area contributed by atoms with Crippen molar-refractivity contribution in [1.82, 2.24) is 0 Å². The number of benzene rings is 5. The SMILES string of the molecule is CC(=O)CCC(=O)O[C@H]1C(O)O[C@@H](C)[C@H](OCc2ccccc2)[C@H]1O[C@H]1O[C@H](COCc2ccccc2)[C@@H](OCc2ccccc2)[C@H](OCc2ccccc2)[C@H]1OCc1ccccc1. The van der Waals surface area contributed by atoms with Gasteiger partial charge < -0.3 is 52.5 Å². The first-order chi connectivity index (χ1) is 31.3. The lowest BCUT2D eigenvalue weighted by atomic mass is 9.96. The molecule has 0 saturated carbocycles. The molecular formula is C52H58O12. The minimum Gasteiger partial charge on any atom is -0.454 e. The van der Waals surface area contributed by atoms with Gasteiger partial charge in [-0.15, -0.1) is 0 Å². The molecule has 0 radical (unpaired) electrons. The number of hydrogen-bond donors (Lipinski definition) is 1. The maximum atomic E-state index is 13.3. The summed E-state index contributed by atoms with van der Waals surface area (Å²) in [7, 11) is 0. The molecular weight excluding hydrogens is 817 g/mol. The van der Waals surface area contributed by atoms with Gasteiger partial charge in [-0.25, -0.2) is 0 Å². The Morgan fingerprint density at radius 3 is 1.39 bits per heavy atom. The molecule has 2 aliphatic rings. The number of ketones is 1. The molecule has 12 heteroatoms. The monoisotopic (exact) mass is 874 g/mol. The summed E-state index contributed by atoms with van der Waals surface area (Å²) in [5, 5.41) is 11.5. The first kappa shape index (κ1) is 46.9. The van der Waals surface area contributed by atoms with E-state index in [9.17, 15) is 14.7 Å². The van der Waals surface area contributed by atoms with Crippen molar-refractivity contribution in [2.24, 2.45) is 0 Å². The number of carbonyl (C=O) groups is 2. The van der Waals surface area contributed by atoms with Gasteiger partial charge in [0.15, 0.2) is 18.7 Å². The second kappa shape index (κ2) is 24.2. The van der Waals surface area contributed by atoms with Crippen LogP contribution in [0.15, 0.2) is 152 Å². The van der Waals surface area contributed by atoms with Crippen LogP contribution in [-0.2, 0) is 85.3 Å². The molecule has 10 atom stereocenters. The van der Waals surface area contributed by atoms with Crippen molar-refractivity contribution >= 4 is 11.8 Å². The van der Waals surface area contributed by atoms with Gasteiger partial charge in [0, 0.05) is 6.42 Å². The van der Waals surface area contributed by atoms with Crippen molar-refractivity contribution in [3.8, 4) is 0 Å². The summed E-state index contributed by atoms with van der Waals surface area (Å²) in [6.45, 7) is 4.30. The van der Waals surface area contributed by atoms with Crippen LogP contribution >= 0.6 is 0 Å². The highest BCUT2D eigenvalue weighted by Gasteiger charge is 2.54. The molecule has 2 aliphatic heterocycles. The van der Waals surface area contributed by atoms with Gasteiger partial charge in [0.2, 0.25) is 0 Å². The second-order valence-corrected chi connectivity index (χ2v) is 16.1. The summed E-state index contributed by atoms with van der Waals surface area (Å²) in [4.78, 5) is 25.2. The Kier molecular flexibility index (Phi) is 17.8. The quantitative estimate of drug-likeness (QED) is 0.0684. The Balaban J connectivity index is 1.27. The number of rotatable bonds is 22. The number of ether oxygens (including phenoxy) is 9. The van der Waals surface area contributed by atoms with Crippen LogP contribution in [0, 0.1) is 0 Å². The fourth-order valence-electron chi connectivity index (χ4n) is 7.77. The van der Waals surface area contributed by atoms with E-state index in [0.29, 0.717) is 6.61 Å². The van der Waals surface area contributed by atoms with E-state index in [-0.39, 0.29) is 51.7 Å². The molecule has 5 aromatic carbocycles. The van der Waals surface area contributed by atoms with Crippen molar-refractivity contribution in [2.75, 3.05) is 6.61 Å². The van der Waals surface area contributed by atoms with Gasteiger partial charge in [0.05, 0.1) is 52.2 Å². The summed E-state index contributed by atoms with van der Waals surface area (Å²) in [6, 6.07) is 48.8. The summed E-state index contributed by atoms with van der Waals surface area (Å²) in [6.07, 6.45) is -10.6. The minimum absolute atomic E-state index is 0.0328. The average molecular weight is 875 g/mol. The molecule has 2 heterocycles.